The minimum absolute atomic E-state index is 0.146. The van der Waals surface area contributed by atoms with E-state index in [4.69, 9.17) is 10.5 Å². The van der Waals surface area contributed by atoms with Gasteiger partial charge < -0.3 is 4.74 Å². The Balaban J connectivity index is 3.68. The van der Waals surface area contributed by atoms with Crippen molar-refractivity contribution in [1.29, 1.82) is 0 Å². The standard InChI is InChI=1S/C9H16NO2/c1-3-5-7-8(6-4-2)12-9(10)11/h4,8,10H,2-3,5-7H2,1H3. The number of hydrogen-bond acceptors (Lipinski definition) is 2. The van der Waals surface area contributed by atoms with Crippen LogP contribution in [0.4, 0.5) is 4.79 Å². The second-order valence-electron chi connectivity index (χ2n) is 2.69. The molecule has 0 aromatic rings. The average molecular weight is 170 g/mol. The van der Waals surface area contributed by atoms with Crippen LogP contribution < -0.4 is 5.73 Å². The highest BCUT2D eigenvalue weighted by Gasteiger charge is 2.09. The smallest absolute Gasteiger partial charge is 0.426 e. The van der Waals surface area contributed by atoms with Gasteiger partial charge >= 0.3 is 6.09 Å². The number of rotatable bonds is 6. The lowest BCUT2D eigenvalue weighted by Gasteiger charge is -2.13. The highest BCUT2D eigenvalue weighted by Crippen LogP contribution is 2.09. The zero-order valence-electron chi connectivity index (χ0n) is 7.51. The molecule has 0 spiro atoms. The Labute approximate surface area is 73.6 Å². The van der Waals surface area contributed by atoms with Crippen LogP contribution in [0.3, 0.4) is 0 Å². The van der Waals surface area contributed by atoms with E-state index in [0.717, 1.165) is 19.3 Å². The van der Waals surface area contributed by atoms with E-state index in [2.05, 4.69) is 13.5 Å². The second-order valence-corrected chi connectivity index (χ2v) is 2.69. The first-order valence-corrected chi connectivity index (χ1v) is 4.23. The average Bonchev–Trinajstić information content (AvgIpc) is 2.00. The summed E-state index contributed by atoms with van der Waals surface area (Å²) in [5, 5.41) is 0. The Kier molecular flexibility index (Phi) is 6.15. The van der Waals surface area contributed by atoms with Crippen molar-refractivity contribution in [2.75, 3.05) is 0 Å². The molecule has 1 N–H and O–H groups in total. The Morgan fingerprint density at radius 3 is 2.83 bits per heavy atom. The number of unbranched alkanes of at least 4 members (excludes halogenated alkanes) is 1. The molecule has 0 bridgehead atoms. The minimum atomic E-state index is -0.946. The topological polar surface area (TPSA) is 50.1 Å². The van der Waals surface area contributed by atoms with E-state index in [-0.39, 0.29) is 6.10 Å². The molecule has 1 atom stereocenters. The Bertz CT molecular complexity index is 145. The van der Waals surface area contributed by atoms with Gasteiger partial charge in [0, 0.05) is 6.42 Å². The van der Waals surface area contributed by atoms with Gasteiger partial charge in [-0.1, -0.05) is 25.8 Å². The van der Waals surface area contributed by atoms with Crippen LogP contribution in [0, 0.1) is 0 Å². The van der Waals surface area contributed by atoms with E-state index >= 15 is 0 Å². The number of ether oxygens (including phenoxy) is 1. The summed E-state index contributed by atoms with van der Waals surface area (Å²) in [6.45, 7) is 5.64. The molecule has 12 heavy (non-hydrogen) atoms. The lowest BCUT2D eigenvalue weighted by Crippen LogP contribution is -2.16. The van der Waals surface area contributed by atoms with Crippen LogP contribution >= 0.6 is 0 Å². The van der Waals surface area contributed by atoms with Crippen LogP contribution in [-0.4, -0.2) is 12.2 Å². The fraction of sp³-hybridized carbons (Fsp3) is 0.667. The van der Waals surface area contributed by atoms with Gasteiger partial charge in [0.2, 0.25) is 0 Å². The van der Waals surface area contributed by atoms with Crippen LogP contribution in [-0.2, 0) is 4.74 Å². The molecular formula is C9H16NO2. The summed E-state index contributed by atoms with van der Waals surface area (Å²) in [5.41, 5.74) is 6.63. The number of amides is 1. The molecule has 0 fully saturated rings. The lowest BCUT2D eigenvalue weighted by atomic mass is 10.1. The SMILES string of the molecule is C=CCC(CCCC)OC([NH])=O. The first-order valence-electron chi connectivity index (χ1n) is 4.23. The maximum absolute atomic E-state index is 10.3. The van der Waals surface area contributed by atoms with Gasteiger partial charge in [-0.25, -0.2) is 10.5 Å². The molecule has 0 rings (SSSR count). The molecule has 0 aliphatic heterocycles. The van der Waals surface area contributed by atoms with Crippen LogP contribution in [0.2, 0.25) is 0 Å². The molecule has 0 aliphatic rings. The van der Waals surface area contributed by atoms with Crippen molar-refractivity contribution in [2.24, 2.45) is 0 Å². The van der Waals surface area contributed by atoms with Crippen molar-refractivity contribution in [2.45, 2.75) is 38.7 Å². The van der Waals surface area contributed by atoms with Crippen molar-refractivity contribution >= 4 is 6.09 Å². The molecule has 3 heteroatoms. The minimum Gasteiger partial charge on any atom is -0.445 e. The van der Waals surface area contributed by atoms with Gasteiger partial charge in [-0.2, -0.15) is 0 Å². The molecule has 1 radical (unpaired) electrons. The molecular weight excluding hydrogens is 154 g/mol. The summed E-state index contributed by atoms with van der Waals surface area (Å²) in [6, 6.07) is 0. The summed E-state index contributed by atoms with van der Waals surface area (Å²) in [5.74, 6) is 0. The van der Waals surface area contributed by atoms with Crippen LogP contribution in [0.15, 0.2) is 12.7 Å². The first kappa shape index (κ1) is 11.0. The molecule has 0 aromatic heterocycles. The summed E-state index contributed by atoms with van der Waals surface area (Å²) in [6.07, 6.45) is 4.18. The van der Waals surface area contributed by atoms with Gasteiger partial charge in [0.15, 0.2) is 0 Å². The predicted molar refractivity (Wildman–Crippen MR) is 47.7 cm³/mol. The number of carbonyl (C=O) groups is 1. The third-order valence-corrected chi connectivity index (χ3v) is 1.58. The highest BCUT2D eigenvalue weighted by atomic mass is 16.6. The lowest BCUT2D eigenvalue weighted by molar-refractivity contribution is 0.0997. The van der Waals surface area contributed by atoms with Crippen LogP contribution in [0.5, 0.6) is 0 Å². The maximum Gasteiger partial charge on any atom is 0.426 e. The summed E-state index contributed by atoms with van der Waals surface area (Å²) in [4.78, 5) is 10.3. The van der Waals surface area contributed by atoms with Gasteiger partial charge in [0.05, 0.1) is 0 Å². The van der Waals surface area contributed by atoms with Crippen molar-refractivity contribution in [3.05, 3.63) is 12.7 Å². The summed E-state index contributed by atoms with van der Waals surface area (Å²) in [7, 11) is 0. The van der Waals surface area contributed by atoms with Gasteiger partial charge in [-0.15, -0.1) is 6.58 Å². The maximum atomic E-state index is 10.3. The van der Waals surface area contributed by atoms with Gasteiger partial charge in [-0.3, -0.25) is 0 Å². The molecule has 0 heterocycles. The number of hydrogen-bond donors (Lipinski definition) is 0. The molecule has 0 saturated heterocycles. The Morgan fingerprint density at radius 1 is 1.75 bits per heavy atom. The van der Waals surface area contributed by atoms with Gasteiger partial charge in [0.1, 0.15) is 6.10 Å². The van der Waals surface area contributed by atoms with Crippen LogP contribution in [0.1, 0.15) is 32.6 Å². The third kappa shape index (κ3) is 5.77. The number of nitrogens with one attached hydrogen (secondary N) is 1. The molecule has 3 nitrogen and oxygen atoms in total. The Morgan fingerprint density at radius 2 is 2.42 bits per heavy atom. The van der Waals surface area contributed by atoms with E-state index in [1.807, 2.05) is 0 Å². The molecule has 0 aliphatic carbocycles. The third-order valence-electron chi connectivity index (χ3n) is 1.58. The van der Waals surface area contributed by atoms with Crippen molar-refractivity contribution in [3.63, 3.8) is 0 Å². The van der Waals surface area contributed by atoms with E-state index in [1.165, 1.54) is 0 Å². The van der Waals surface area contributed by atoms with E-state index in [0.29, 0.717) is 6.42 Å². The fourth-order valence-corrected chi connectivity index (χ4v) is 0.994. The fourth-order valence-electron chi connectivity index (χ4n) is 0.994. The normalized spacial score (nSPS) is 12.1. The molecule has 1 amide bonds. The number of carbonyl (C=O) groups excluding carboxylic acids is 1. The Hall–Kier alpha value is -0.990. The first-order chi connectivity index (χ1) is 5.70. The van der Waals surface area contributed by atoms with Gasteiger partial charge in [0.25, 0.3) is 0 Å². The van der Waals surface area contributed by atoms with Crippen molar-refractivity contribution in [3.8, 4) is 0 Å². The molecule has 0 aromatic carbocycles. The molecule has 1 unspecified atom stereocenters. The summed E-state index contributed by atoms with van der Waals surface area (Å²) >= 11 is 0. The predicted octanol–water partition coefficient (Wildman–Crippen LogP) is 2.54. The zero-order chi connectivity index (χ0) is 9.40. The monoisotopic (exact) mass is 170 g/mol. The summed E-state index contributed by atoms with van der Waals surface area (Å²) < 4.78 is 4.75. The van der Waals surface area contributed by atoms with Gasteiger partial charge in [-0.05, 0) is 6.42 Å². The second kappa shape index (κ2) is 6.70. The molecule has 69 valence electrons. The van der Waals surface area contributed by atoms with Crippen molar-refractivity contribution in [1.82, 2.24) is 5.73 Å². The van der Waals surface area contributed by atoms with Crippen molar-refractivity contribution < 1.29 is 9.53 Å². The van der Waals surface area contributed by atoms with E-state index in [9.17, 15) is 4.79 Å². The van der Waals surface area contributed by atoms with E-state index < -0.39 is 6.09 Å². The highest BCUT2D eigenvalue weighted by molar-refractivity contribution is 5.63. The van der Waals surface area contributed by atoms with Crippen LogP contribution in [0.25, 0.3) is 0 Å². The largest absolute Gasteiger partial charge is 0.445 e. The molecule has 0 saturated carbocycles. The zero-order valence-corrected chi connectivity index (χ0v) is 7.51. The quantitative estimate of drug-likeness (QED) is 0.575. The van der Waals surface area contributed by atoms with E-state index in [1.54, 1.807) is 6.08 Å².